The molecule has 0 aromatic heterocycles. The van der Waals surface area contributed by atoms with Crippen LogP contribution >= 0.6 is 32.4 Å². The second-order valence-corrected chi connectivity index (χ2v) is 22.0. The molecule has 6 rings (SSSR count). The summed E-state index contributed by atoms with van der Waals surface area (Å²) in [5, 5.41) is 10.2. The molecule has 11 heteroatoms. The average Bonchev–Trinajstić information content (AvgIpc) is 3.30. The molecule has 58 heavy (non-hydrogen) atoms. The Bertz CT molecular complexity index is 1840. The number of rotatable bonds is 13. The fourth-order valence-corrected chi connectivity index (χ4v) is 10.6. The first-order chi connectivity index (χ1) is 28.1. The molecule has 0 saturated heterocycles. The zero-order chi connectivity index (χ0) is 42.5. The van der Waals surface area contributed by atoms with Gasteiger partial charge >= 0.3 is 134 Å². The summed E-state index contributed by atoms with van der Waals surface area (Å²) in [5.41, 5.74) is 2.30. The van der Waals surface area contributed by atoms with Gasteiger partial charge in [0.05, 0.1) is 0 Å². The van der Waals surface area contributed by atoms with Gasteiger partial charge in [0.15, 0.2) is 13.6 Å². The molecule has 6 aromatic carbocycles. The molecule has 0 radical (unpaired) electrons. The number of alkyl halides is 1. The molecule has 306 valence electrons. The maximum atomic E-state index is 10.3. The molecule has 0 aliphatic rings. The maximum absolute atomic E-state index is 10.3. The van der Waals surface area contributed by atoms with Crippen molar-refractivity contribution in [3.05, 3.63) is 187 Å². The van der Waals surface area contributed by atoms with Gasteiger partial charge in [0.2, 0.25) is 0 Å². The van der Waals surface area contributed by atoms with E-state index in [4.69, 9.17) is 35.7 Å². The molecule has 0 unspecified atom stereocenters. The third-order valence-electron chi connectivity index (χ3n) is 8.07. The summed E-state index contributed by atoms with van der Waals surface area (Å²) in [7, 11) is 4.70. The van der Waals surface area contributed by atoms with E-state index < -0.39 is 5.31 Å². The number of aromatic hydroxyl groups is 1. The largest absolute Gasteiger partial charge is 0.508 e. The summed E-state index contributed by atoms with van der Waals surface area (Å²) >= 11 is 9.21. The Balaban J connectivity index is 0.000000272. The molecule has 0 fully saturated rings. The van der Waals surface area contributed by atoms with Crippen LogP contribution in [0.15, 0.2) is 170 Å². The zero-order valence-electron chi connectivity index (χ0n) is 33.2. The van der Waals surface area contributed by atoms with E-state index in [2.05, 4.69) is 124 Å². The molecule has 0 saturated carbocycles. The van der Waals surface area contributed by atoms with Crippen molar-refractivity contribution in [2.24, 2.45) is 0 Å². The van der Waals surface area contributed by atoms with Crippen LogP contribution in [0.1, 0.15) is 26.3 Å². The third-order valence-corrected chi connectivity index (χ3v) is 16.5. The molecule has 6 aromatic rings. The van der Waals surface area contributed by atoms with Gasteiger partial charge in [-0.25, -0.2) is 0 Å². The average molecular weight is 890 g/mol. The number of methoxy groups -OCH3 is 3. The Morgan fingerprint density at radius 3 is 1.14 bits per heavy atom. The number of aldehydes is 2. The van der Waals surface area contributed by atoms with Crippen molar-refractivity contribution in [3.8, 4) is 17.2 Å². The number of carbonyl (C=O) groups is 2. The van der Waals surface area contributed by atoms with Gasteiger partial charge in [0.1, 0.15) is 35.9 Å². The predicted octanol–water partition coefficient (Wildman–Crippen LogP) is 10.3. The number of benzene rings is 6. The van der Waals surface area contributed by atoms with E-state index in [-0.39, 0.29) is 19.3 Å². The number of carbonyl (C=O) groups excluding carboxylic acids is 2. The number of halogens is 2. The van der Waals surface area contributed by atoms with Crippen LogP contribution in [0.5, 0.6) is 17.2 Å². The first-order valence-electron chi connectivity index (χ1n) is 17.8. The van der Waals surface area contributed by atoms with E-state index >= 15 is 0 Å². The van der Waals surface area contributed by atoms with Gasteiger partial charge in [-0.2, -0.15) is 0 Å². The molecule has 0 spiro atoms. The van der Waals surface area contributed by atoms with Crippen molar-refractivity contribution in [1.82, 2.24) is 0 Å². The van der Waals surface area contributed by atoms with Gasteiger partial charge in [0, 0.05) is 32.5 Å². The van der Waals surface area contributed by atoms with Crippen LogP contribution < -0.4 is 25.4 Å². The minimum Gasteiger partial charge on any atom is -0.508 e. The second kappa shape index (κ2) is 27.5. The Kier molecular flexibility index (Phi) is 23.2. The van der Waals surface area contributed by atoms with Crippen LogP contribution in [0, 0.1) is 0 Å². The summed E-state index contributed by atoms with van der Waals surface area (Å²) in [6.07, 6.45) is 3.32. The van der Waals surface area contributed by atoms with Crippen LogP contribution in [0.4, 0.5) is 0 Å². The quantitative estimate of drug-likeness (QED) is 0.0530. The molecule has 1 N–H and O–H groups in total. The van der Waals surface area contributed by atoms with Crippen molar-refractivity contribution in [2.75, 3.05) is 47.6 Å². The normalized spacial score (nSPS) is 10.6. The predicted molar refractivity (Wildman–Crippen MR) is 245 cm³/mol. The number of hydrogen-bond donors (Lipinski definition) is 1. The van der Waals surface area contributed by atoms with Gasteiger partial charge in [0.25, 0.3) is 0 Å². The molecule has 8 nitrogen and oxygen atoms in total. The van der Waals surface area contributed by atoms with Gasteiger partial charge in [-0.05, 0) is 66.2 Å². The van der Waals surface area contributed by atoms with Crippen molar-refractivity contribution < 1.29 is 38.4 Å². The van der Waals surface area contributed by atoms with Crippen molar-refractivity contribution in [1.29, 1.82) is 0 Å². The van der Waals surface area contributed by atoms with Gasteiger partial charge in [-0.1, -0.05) is 36.4 Å². The molecule has 0 amide bonds. The van der Waals surface area contributed by atoms with E-state index in [0.29, 0.717) is 22.9 Å². The molecule has 0 bridgehead atoms. The fraction of sp³-hybridized carbons (Fsp3) is 0.149. The minimum absolute atomic E-state index is 0.181. The van der Waals surface area contributed by atoms with E-state index in [0.717, 1.165) is 23.9 Å². The number of phenolic OH excluding ortho intramolecular Hbond substituents is 1. The first kappa shape index (κ1) is 49.0. The summed E-state index contributed by atoms with van der Waals surface area (Å²) in [6, 6.07) is 53.2. The third kappa shape index (κ3) is 16.4. The standard InChI is InChI=1S/C19H18BrP.C10H12O2.C9H10O3.C7H6O2.C2H5ClO/c1-21(20,17-11-5-2-6-12-17,18-13-7-3-8-14-18)19-15-9-4-10-16-19;1-3-9-4-6-10(7-5-9)12-8-11-2;1-11-7-12-9-4-2-8(6-10)3-5-9;8-5-6-1-3-7(9)4-2-6;1-4-2-3/h2-16H,1H3;3-7H,1,8H2,2H3;2-6H,7H2,1H3;1-5,9H;2H2,1H3. The topological polar surface area (TPSA) is 101 Å². The Morgan fingerprint density at radius 1 is 0.552 bits per heavy atom. The number of phenols is 1. The monoisotopic (exact) mass is 888 g/mol. The summed E-state index contributed by atoms with van der Waals surface area (Å²) in [4.78, 5) is 20.3. The first-order valence-corrected chi connectivity index (χ1v) is 23.0. The molecule has 0 atom stereocenters. The maximum Gasteiger partial charge on any atom is 0.150 e. The van der Waals surface area contributed by atoms with Crippen LogP contribution in [-0.4, -0.2) is 65.3 Å². The fourth-order valence-electron chi connectivity index (χ4n) is 4.94. The Hall–Kier alpha value is -5.12. The van der Waals surface area contributed by atoms with Crippen LogP contribution in [0.3, 0.4) is 0 Å². The molecular weight excluding hydrogens is 839 g/mol. The molecule has 0 heterocycles. The van der Waals surface area contributed by atoms with E-state index in [9.17, 15) is 9.59 Å². The number of hydrogen-bond acceptors (Lipinski definition) is 8. The second-order valence-electron chi connectivity index (χ2n) is 12.1. The van der Waals surface area contributed by atoms with Crippen LogP contribution in [0.2, 0.25) is 0 Å². The zero-order valence-corrected chi connectivity index (χ0v) is 36.4. The SMILES string of the molecule is C=Cc1ccc(OCOC)cc1.COCCl.COCOc1ccc(C=O)cc1.CP(Br)(c1ccccc1)(c1ccccc1)c1ccccc1.O=Cc1ccc(O)cc1. The van der Waals surface area contributed by atoms with Crippen LogP contribution in [-0.2, 0) is 14.2 Å². The van der Waals surface area contributed by atoms with Crippen molar-refractivity contribution >= 4 is 67.0 Å². The molecule has 0 aliphatic heterocycles. The van der Waals surface area contributed by atoms with Crippen molar-refractivity contribution in [2.45, 2.75) is 0 Å². The Labute approximate surface area is 355 Å². The van der Waals surface area contributed by atoms with Gasteiger partial charge in [-0.3, -0.25) is 9.59 Å². The smallest absolute Gasteiger partial charge is 0.150 e. The number of ether oxygens (including phenoxy) is 5. The van der Waals surface area contributed by atoms with E-state index in [1.165, 1.54) is 28.0 Å². The van der Waals surface area contributed by atoms with E-state index in [1.54, 1.807) is 63.8 Å². The molecule has 0 aliphatic carbocycles. The summed E-state index contributed by atoms with van der Waals surface area (Å²) in [6.45, 7) is 6.53. The van der Waals surface area contributed by atoms with Gasteiger partial charge < -0.3 is 28.8 Å². The van der Waals surface area contributed by atoms with Crippen molar-refractivity contribution in [3.63, 3.8) is 0 Å². The summed E-state index contributed by atoms with van der Waals surface area (Å²) < 4.78 is 24.1. The molecular formula is C47H51BrClO8P. The van der Waals surface area contributed by atoms with Crippen LogP contribution in [0.25, 0.3) is 6.08 Å². The Morgan fingerprint density at radius 2 is 0.862 bits per heavy atom. The summed E-state index contributed by atoms with van der Waals surface area (Å²) in [5.74, 6) is 1.69. The van der Waals surface area contributed by atoms with E-state index in [1.807, 2.05) is 24.3 Å². The minimum atomic E-state index is -2.56. The van der Waals surface area contributed by atoms with Gasteiger partial charge in [-0.15, -0.1) is 0 Å².